The fourth-order valence-corrected chi connectivity index (χ4v) is 1.86. The van der Waals surface area contributed by atoms with Crippen molar-refractivity contribution in [1.29, 1.82) is 0 Å². The second-order valence-electron chi connectivity index (χ2n) is 3.68. The van der Waals surface area contributed by atoms with E-state index in [4.69, 9.17) is 0 Å². The van der Waals surface area contributed by atoms with Crippen LogP contribution in [0.25, 0.3) is 0 Å². The van der Waals surface area contributed by atoms with E-state index in [1.807, 2.05) is 13.1 Å². The zero-order valence-electron chi connectivity index (χ0n) is 8.66. The van der Waals surface area contributed by atoms with Gasteiger partial charge in [-0.15, -0.1) is 0 Å². The van der Waals surface area contributed by atoms with Crippen molar-refractivity contribution in [1.82, 2.24) is 4.98 Å². The van der Waals surface area contributed by atoms with Crippen LogP contribution in [0.4, 0.5) is 11.6 Å². The van der Waals surface area contributed by atoms with Crippen LogP contribution in [0.1, 0.15) is 19.3 Å². The summed E-state index contributed by atoms with van der Waals surface area (Å²) in [6.45, 7) is 2.31. The van der Waals surface area contributed by atoms with Gasteiger partial charge in [-0.05, 0) is 31.4 Å². The number of anilines is 2. The summed E-state index contributed by atoms with van der Waals surface area (Å²) < 4.78 is 0. The highest BCUT2D eigenvalue weighted by atomic mass is 15.2. The average molecular weight is 191 g/mol. The number of pyridine rings is 1. The van der Waals surface area contributed by atoms with E-state index in [1.54, 1.807) is 0 Å². The van der Waals surface area contributed by atoms with Gasteiger partial charge in [-0.3, -0.25) is 0 Å². The van der Waals surface area contributed by atoms with Crippen molar-refractivity contribution in [3.63, 3.8) is 0 Å². The first-order valence-corrected chi connectivity index (χ1v) is 5.30. The summed E-state index contributed by atoms with van der Waals surface area (Å²) >= 11 is 0. The van der Waals surface area contributed by atoms with Crippen molar-refractivity contribution in [2.24, 2.45) is 0 Å². The summed E-state index contributed by atoms with van der Waals surface area (Å²) in [5, 5.41) is 3.07. The number of piperidine rings is 1. The molecule has 1 N–H and O–H groups in total. The lowest BCUT2D eigenvalue weighted by Gasteiger charge is -2.27. The highest BCUT2D eigenvalue weighted by molar-refractivity contribution is 5.46. The van der Waals surface area contributed by atoms with E-state index in [1.165, 1.54) is 19.3 Å². The van der Waals surface area contributed by atoms with E-state index in [0.29, 0.717) is 0 Å². The Bertz CT molecular complexity index is 292. The summed E-state index contributed by atoms with van der Waals surface area (Å²) in [4.78, 5) is 6.90. The summed E-state index contributed by atoms with van der Waals surface area (Å²) in [5.74, 6) is 2.06. The normalized spacial score (nSPS) is 16.8. The topological polar surface area (TPSA) is 28.2 Å². The van der Waals surface area contributed by atoms with Gasteiger partial charge in [0.25, 0.3) is 0 Å². The van der Waals surface area contributed by atoms with Gasteiger partial charge in [-0.1, -0.05) is 6.07 Å². The monoisotopic (exact) mass is 191 g/mol. The van der Waals surface area contributed by atoms with Crippen LogP contribution >= 0.6 is 0 Å². The molecule has 1 aliphatic rings. The van der Waals surface area contributed by atoms with Crippen LogP contribution in [-0.4, -0.2) is 25.1 Å². The molecule has 0 unspecified atom stereocenters. The largest absolute Gasteiger partial charge is 0.373 e. The minimum atomic E-state index is 0.952. The SMILES string of the molecule is CNc1cccc(N2CCCCC2)n1. The van der Waals surface area contributed by atoms with Crippen LogP contribution in [0, 0.1) is 0 Å². The lowest BCUT2D eigenvalue weighted by Crippen LogP contribution is -2.30. The van der Waals surface area contributed by atoms with Gasteiger partial charge >= 0.3 is 0 Å². The summed E-state index contributed by atoms with van der Waals surface area (Å²) in [5.41, 5.74) is 0. The molecular formula is C11H17N3. The molecule has 1 aromatic heterocycles. The number of rotatable bonds is 2. The molecule has 1 fully saturated rings. The third kappa shape index (κ3) is 1.97. The molecule has 0 atom stereocenters. The molecule has 3 heteroatoms. The molecule has 14 heavy (non-hydrogen) atoms. The summed E-state index contributed by atoms with van der Waals surface area (Å²) in [6.07, 6.45) is 3.96. The van der Waals surface area contributed by atoms with Gasteiger partial charge in [-0.2, -0.15) is 0 Å². The molecule has 1 aliphatic heterocycles. The summed E-state index contributed by atoms with van der Waals surface area (Å²) in [7, 11) is 1.91. The Morgan fingerprint density at radius 3 is 2.71 bits per heavy atom. The maximum absolute atomic E-state index is 4.53. The van der Waals surface area contributed by atoms with Crippen LogP contribution in [0.15, 0.2) is 18.2 Å². The number of nitrogens with zero attached hydrogens (tertiary/aromatic N) is 2. The molecule has 0 aliphatic carbocycles. The van der Waals surface area contributed by atoms with Gasteiger partial charge in [0, 0.05) is 20.1 Å². The van der Waals surface area contributed by atoms with Crippen molar-refractivity contribution >= 4 is 11.6 Å². The molecular weight excluding hydrogens is 174 g/mol. The first-order chi connectivity index (χ1) is 6.90. The minimum absolute atomic E-state index is 0.952. The second kappa shape index (κ2) is 4.31. The number of nitrogens with one attached hydrogen (secondary N) is 1. The second-order valence-corrected chi connectivity index (χ2v) is 3.68. The lowest BCUT2D eigenvalue weighted by molar-refractivity contribution is 0.573. The molecule has 1 saturated heterocycles. The summed E-state index contributed by atoms with van der Waals surface area (Å²) in [6, 6.07) is 6.14. The van der Waals surface area contributed by atoms with E-state index < -0.39 is 0 Å². The Hall–Kier alpha value is -1.25. The number of hydrogen-bond donors (Lipinski definition) is 1. The third-order valence-corrected chi connectivity index (χ3v) is 2.67. The molecule has 76 valence electrons. The predicted octanol–water partition coefficient (Wildman–Crippen LogP) is 2.11. The quantitative estimate of drug-likeness (QED) is 0.776. The van der Waals surface area contributed by atoms with E-state index in [0.717, 1.165) is 24.7 Å². The van der Waals surface area contributed by atoms with Crippen molar-refractivity contribution < 1.29 is 0 Å². The molecule has 0 spiro atoms. The van der Waals surface area contributed by atoms with E-state index in [2.05, 4.69) is 27.3 Å². The average Bonchev–Trinajstić information content (AvgIpc) is 2.30. The zero-order chi connectivity index (χ0) is 9.80. The third-order valence-electron chi connectivity index (χ3n) is 2.67. The predicted molar refractivity (Wildman–Crippen MR) is 59.8 cm³/mol. The molecule has 1 aromatic rings. The molecule has 0 aromatic carbocycles. The smallest absolute Gasteiger partial charge is 0.130 e. The maximum atomic E-state index is 4.53. The molecule has 2 rings (SSSR count). The highest BCUT2D eigenvalue weighted by Gasteiger charge is 2.11. The minimum Gasteiger partial charge on any atom is -0.373 e. The highest BCUT2D eigenvalue weighted by Crippen LogP contribution is 2.18. The molecule has 3 nitrogen and oxygen atoms in total. The maximum Gasteiger partial charge on any atom is 0.130 e. The van der Waals surface area contributed by atoms with Gasteiger partial charge in [-0.25, -0.2) is 4.98 Å². The van der Waals surface area contributed by atoms with Gasteiger partial charge in [0.2, 0.25) is 0 Å². The Labute approximate surface area is 85.1 Å². The van der Waals surface area contributed by atoms with Gasteiger partial charge in [0.15, 0.2) is 0 Å². The Morgan fingerprint density at radius 2 is 2.00 bits per heavy atom. The van der Waals surface area contributed by atoms with Crippen molar-refractivity contribution in [3.05, 3.63) is 18.2 Å². The Kier molecular flexibility index (Phi) is 2.87. The van der Waals surface area contributed by atoms with Gasteiger partial charge in [0.1, 0.15) is 11.6 Å². The van der Waals surface area contributed by atoms with E-state index >= 15 is 0 Å². The van der Waals surface area contributed by atoms with Crippen molar-refractivity contribution in [2.75, 3.05) is 30.4 Å². The molecule has 0 amide bonds. The van der Waals surface area contributed by atoms with Crippen LogP contribution in [0.5, 0.6) is 0 Å². The van der Waals surface area contributed by atoms with Gasteiger partial charge < -0.3 is 10.2 Å². The molecule has 0 bridgehead atoms. The van der Waals surface area contributed by atoms with E-state index in [9.17, 15) is 0 Å². The van der Waals surface area contributed by atoms with Crippen molar-refractivity contribution in [2.45, 2.75) is 19.3 Å². The fourth-order valence-electron chi connectivity index (χ4n) is 1.86. The Morgan fingerprint density at radius 1 is 1.21 bits per heavy atom. The molecule has 0 saturated carbocycles. The molecule has 0 radical (unpaired) electrons. The van der Waals surface area contributed by atoms with Crippen LogP contribution < -0.4 is 10.2 Å². The first kappa shape index (κ1) is 9.31. The lowest BCUT2D eigenvalue weighted by atomic mass is 10.1. The number of hydrogen-bond acceptors (Lipinski definition) is 3. The Balaban J connectivity index is 2.13. The standard InChI is InChI=1S/C11H17N3/c1-12-10-6-5-7-11(13-10)14-8-3-2-4-9-14/h5-7H,2-4,8-9H2,1H3,(H,12,13). The fraction of sp³-hybridized carbons (Fsp3) is 0.545. The molecule has 2 heterocycles. The first-order valence-electron chi connectivity index (χ1n) is 5.30. The zero-order valence-corrected chi connectivity index (χ0v) is 8.66. The van der Waals surface area contributed by atoms with Crippen LogP contribution in [-0.2, 0) is 0 Å². The number of aromatic nitrogens is 1. The van der Waals surface area contributed by atoms with Crippen LogP contribution in [0.2, 0.25) is 0 Å². The van der Waals surface area contributed by atoms with Crippen molar-refractivity contribution in [3.8, 4) is 0 Å². The van der Waals surface area contributed by atoms with Crippen LogP contribution in [0.3, 0.4) is 0 Å². The van der Waals surface area contributed by atoms with E-state index in [-0.39, 0.29) is 0 Å². The van der Waals surface area contributed by atoms with Gasteiger partial charge in [0.05, 0.1) is 0 Å².